The van der Waals surface area contributed by atoms with E-state index in [0.717, 1.165) is 11.1 Å². The first kappa shape index (κ1) is 12.9. The number of phenols is 1. The third-order valence-electron chi connectivity index (χ3n) is 2.57. The number of aromatic hydroxyl groups is 1. The zero-order valence-corrected chi connectivity index (χ0v) is 11.4. The van der Waals surface area contributed by atoms with Crippen molar-refractivity contribution in [1.29, 1.82) is 0 Å². The third-order valence-corrected chi connectivity index (χ3v) is 3.91. The molecule has 4 nitrogen and oxygen atoms in total. The molecule has 1 saturated heterocycles. The fourth-order valence-electron chi connectivity index (χ4n) is 1.60. The molecule has 1 aliphatic heterocycles. The number of thiocarbonyl (C=S) groups is 1. The maximum absolute atomic E-state index is 11.7. The van der Waals surface area contributed by atoms with Crippen LogP contribution in [0.4, 0.5) is 0 Å². The van der Waals surface area contributed by atoms with Gasteiger partial charge in [-0.25, -0.2) is 0 Å². The molecule has 0 radical (unpaired) electrons. The van der Waals surface area contributed by atoms with Crippen molar-refractivity contribution in [2.24, 2.45) is 0 Å². The van der Waals surface area contributed by atoms with Gasteiger partial charge in [0.15, 0.2) is 11.5 Å². The SMILES string of the molecule is COc1cc(C(C)=C2SC(=S)NC2=O)ccc1O. The van der Waals surface area contributed by atoms with Crippen molar-refractivity contribution >= 4 is 39.8 Å². The Morgan fingerprint density at radius 2 is 2.22 bits per heavy atom. The molecule has 1 aliphatic rings. The summed E-state index contributed by atoms with van der Waals surface area (Å²) in [7, 11) is 1.48. The van der Waals surface area contributed by atoms with Gasteiger partial charge in [0.05, 0.1) is 12.0 Å². The van der Waals surface area contributed by atoms with Gasteiger partial charge in [0.25, 0.3) is 5.91 Å². The minimum Gasteiger partial charge on any atom is -0.504 e. The van der Waals surface area contributed by atoms with Gasteiger partial charge >= 0.3 is 0 Å². The fraction of sp³-hybridized carbons (Fsp3) is 0.167. The molecule has 1 fully saturated rings. The van der Waals surface area contributed by atoms with E-state index >= 15 is 0 Å². The summed E-state index contributed by atoms with van der Waals surface area (Å²) in [6.07, 6.45) is 0. The van der Waals surface area contributed by atoms with Crippen LogP contribution < -0.4 is 10.1 Å². The summed E-state index contributed by atoms with van der Waals surface area (Å²) >= 11 is 6.19. The third kappa shape index (κ3) is 2.34. The summed E-state index contributed by atoms with van der Waals surface area (Å²) in [4.78, 5) is 12.2. The van der Waals surface area contributed by atoms with Crippen LogP contribution in [0.15, 0.2) is 23.1 Å². The summed E-state index contributed by atoms with van der Waals surface area (Å²) in [6, 6.07) is 4.95. The first-order valence-electron chi connectivity index (χ1n) is 5.14. The van der Waals surface area contributed by atoms with Gasteiger partial charge in [-0.1, -0.05) is 30.0 Å². The summed E-state index contributed by atoms with van der Waals surface area (Å²) in [6.45, 7) is 1.83. The second kappa shape index (κ2) is 4.99. The smallest absolute Gasteiger partial charge is 0.263 e. The van der Waals surface area contributed by atoms with E-state index in [4.69, 9.17) is 17.0 Å². The number of rotatable bonds is 2. The predicted octanol–water partition coefficient (Wildman–Crippen LogP) is 2.28. The molecule has 0 bridgehead atoms. The van der Waals surface area contributed by atoms with E-state index in [2.05, 4.69) is 5.32 Å². The van der Waals surface area contributed by atoms with Crippen LogP contribution in [0.1, 0.15) is 12.5 Å². The molecule has 6 heteroatoms. The maximum Gasteiger partial charge on any atom is 0.263 e. The van der Waals surface area contributed by atoms with Crippen LogP contribution in [0.2, 0.25) is 0 Å². The minimum absolute atomic E-state index is 0.0677. The summed E-state index contributed by atoms with van der Waals surface area (Å²) in [5.41, 5.74) is 1.61. The molecule has 0 atom stereocenters. The number of methoxy groups -OCH3 is 1. The standard InChI is InChI=1S/C12H11NO3S2/c1-6(10-11(15)13-12(17)18-10)7-3-4-8(14)9(5-7)16-2/h3-5,14H,1-2H3,(H,13,15,17). The van der Waals surface area contributed by atoms with Crippen LogP contribution in [0.25, 0.3) is 5.57 Å². The average Bonchev–Trinajstić information content (AvgIpc) is 2.68. The topological polar surface area (TPSA) is 58.6 Å². The highest BCUT2D eigenvalue weighted by atomic mass is 32.2. The number of hydrogen-bond acceptors (Lipinski definition) is 5. The van der Waals surface area contributed by atoms with Crippen molar-refractivity contribution in [1.82, 2.24) is 5.32 Å². The van der Waals surface area contributed by atoms with E-state index in [9.17, 15) is 9.90 Å². The van der Waals surface area contributed by atoms with Crippen LogP contribution in [0, 0.1) is 0 Å². The fourth-order valence-corrected chi connectivity index (χ4v) is 2.69. The van der Waals surface area contributed by atoms with Crippen LogP contribution in [0.5, 0.6) is 11.5 Å². The summed E-state index contributed by atoms with van der Waals surface area (Å²) in [5.74, 6) is 0.256. The molecule has 18 heavy (non-hydrogen) atoms. The van der Waals surface area contributed by atoms with Crippen molar-refractivity contribution in [3.05, 3.63) is 28.7 Å². The highest BCUT2D eigenvalue weighted by molar-refractivity contribution is 8.26. The van der Waals surface area contributed by atoms with Gasteiger partial charge in [0.2, 0.25) is 0 Å². The Hall–Kier alpha value is -1.53. The van der Waals surface area contributed by atoms with Crippen LogP contribution in [0.3, 0.4) is 0 Å². The molecule has 2 rings (SSSR count). The van der Waals surface area contributed by atoms with Crippen molar-refractivity contribution in [2.75, 3.05) is 7.11 Å². The quantitative estimate of drug-likeness (QED) is 0.643. The maximum atomic E-state index is 11.7. The zero-order valence-electron chi connectivity index (χ0n) is 9.81. The van der Waals surface area contributed by atoms with E-state index in [1.807, 2.05) is 6.92 Å². The first-order valence-corrected chi connectivity index (χ1v) is 6.37. The lowest BCUT2D eigenvalue weighted by Crippen LogP contribution is -2.18. The molecule has 94 valence electrons. The van der Waals surface area contributed by atoms with Crippen molar-refractivity contribution in [3.63, 3.8) is 0 Å². The van der Waals surface area contributed by atoms with Crippen molar-refractivity contribution in [3.8, 4) is 11.5 Å². The highest BCUT2D eigenvalue weighted by Crippen LogP contribution is 2.35. The second-order valence-corrected chi connectivity index (χ2v) is 5.37. The number of nitrogens with one attached hydrogen (secondary N) is 1. The lowest BCUT2D eigenvalue weighted by molar-refractivity contribution is -0.115. The number of allylic oxidation sites excluding steroid dienone is 1. The second-order valence-electron chi connectivity index (χ2n) is 3.68. The number of thioether (sulfide) groups is 1. The Labute approximate surface area is 114 Å². The number of amides is 1. The van der Waals surface area contributed by atoms with Gasteiger partial charge < -0.3 is 15.2 Å². The first-order chi connectivity index (χ1) is 8.52. The number of phenolic OH excluding ortho intramolecular Hbond substituents is 1. The predicted molar refractivity (Wildman–Crippen MR) is 75.6 cm³/mol. The number of carbonyl (C=O) groups is 1. The van der Waals surface area contributed by atoms with E-state index in [-0.39, 0.29) is 11.7 Å². The van der Waals surface area contributed by atoms with Crippen molar-refractivity contribution in [2.45, 2.75) is 6.92 Å². The van der Waals surface area contributed by atoms with Gasteiger partial charge in [-0.05, 0) is 30.2 Å². The van der Waals surface area contributed by atoms with Crippen LogP contribution in [-0.4, -0.2) is 22.4 Å². The Morgan fingerprint density at radius 1 is 1.50 bits per heavy atom. The Morgan fingerprint density at radius 3 is 2.78 bits per heavy atom. The molecule has 2 N–H and O–H groups in total. The molecule has 0 aliphatic carbocycles. The van der Waals surface area contributed by atoms with Crippen molar-refractivity contribution < 1.29 is 14.6 Å². The summed E-state index contributed by atoms with van der Waals surface area (Å²) < 4.78 is 5.50. The highest BCUT2D eigenvalue weighted by Gasteiger charge is 2.25. The van der Waals surface area contributed by atoms with Gasteiger partial charge in [0, 0.05) is 0 Å². The molecule has 0 saturated carbocycles. The molecule has 1 amide bonds. The van der Waals surface area contributed by atoms with E-state index in [1.54, 1.807) is 12.1 Å². The van der Waals surface area contributed by atoms with Gasteiger partial charge in [-0.3, -0.25) is 4.79 Å². The average molecular weight is 281 g/mol. The molecule has 0 unspecified atom stereocenters. The monoisotopic (exact) mass is 281 g/mol. The molecule has 1 aromatic carbocycles. The minimum atomic E-state index is -0.186. The Kier molecular flexibility index (Phi) is 3.58. The zero-order chi connectivity index (χ0) is 13.3. The normalized spacial score (nSPS) is 17.7. The molecule has 0 spiro atoms. The largest absolute Gasteiger partial charge is 0.504 e. The Balaban J connectivity index is 2.46. The van der Waals surface area contributed by atoms with E-state index in [1.165, 1.54) is 24.9 Å². The van der Waals surface area contributed by atoms with Crippen LogP contribution in [-0.2, 0) is 4.79 Å². The van der Waals surface area contributed by atoms with Gasteiger partial charge in [0.1, 0.15) is 4.32 Å². The molecule has 1 heterocycles. The summed E-state index contributed by atoms with van der Waals surface area (Å²) in [5, 5.41) is 12.1. The number of ether oxygens (including phenoxy) is 1. The lowest BCUT2D eigenvalue weighted by Gasteiger charge is -2.08. The van der Waals surface area contributed by atoms with E-state index in [0.29, 0.717) is 15.0 Å². The number of hydrogen-bond donors (Lipinski definition) is 2. The lowest BCUT2D eigenvalue weighted by atomic mass is 10.1. The van der Waals surface area contributed by atoms with Crippen LogP contribution >= 0.6 is 24.0 Å². The Bertz CT molecular complexity index is 566. The van der Waals surface area contributed by atoms with Gasteiger partial charge in [-0.15, -0.1) is 0 Å². The molecule has 1 aromatic rings. The number of benzene rings is 1. The molecular formula is C12H11NO3S2. The molecule has 0 aromatic heterocycles. The number of carbonyl (C=O) groups excluding carboxylic acids is 1. The van der Waals surface area contributed by atoms with E-state index < -0.39 is 0 Å². The van der Waals surface area contributed by atoms with Gasteiger partial charge in [-0.2, -0.15) is 0 Å². The molecular weight excluding hydrogens is 270 g/mol.